The predicted octanol–water partition coefficient (Wildman–Crippen LogP) is 2.49. The number of unbranched alkanes of at least 4 members (excludes halogenated alkanes) is 1. The Morgan fingerprint density at radius 3 is 2.57 bits per heavy atom. The van der Waals surface area contributed by atoms with E-state index in [2.05, 4.69) is 24.0 Å². The number of anilines is 1. The van der Waals surface area contributed by atoms with Crippen LogP contribution < -0.4 is 4.90 Å². The second-order valence-corrected chi connectivity index (χ2v) is 3.22. The number of benzene rings is 1. The number of rotatable bonds is 6. The molecule has 0 fully saturated rings. The van der Waals surface area contributed by atoms with E-state index >= 15 is 0 Å². The summed E-state index contributed by atoms with van der Waals surface area (Å²) in [7, 11) is 0. The summed E-state index contributed by atoms with van der Waals surface area (Å²) in [4.78, 5) is 12.5. The molecule has 0 radical (unpaired) electrons. The van der Waals surface area contributed by atoms with Crippen LogP contribution in [0.5, 0.6) is 0 Å². The maximum Gasteiger partial charge on any atom is 0.120 e. The van der Waals surface area contributed by atoms with Crippen molar-refractivity contribution < 1.29 is 4.79 Å². The summed E-state index contributed by atoms with van der Waals surface area (Å²) in [5.41, 5.74) is 1.24. The molecule has 2 heteroatoms. The molecule has 0 saturated carbocycles. The third-order valence-electron chi connectivity index (χ3n) is 2.25. The molecule has 1 rings (SSSR count). The van der Waals surface area contributed by atoms with Gasteiger partial charge in [-0.15, -0.1) is 0 Å². The quantitative estimate of drug-likeness (QED) is 0.508. The number of aldehydes is 1. The van der Waals surface area contributed by atoms with E-state index < -0.39 is 0 Å². The van der Waals surface area contributed by atoms with Crippen LogP contribution in [0.2, 0.25) is 0 Å². The van der Waals surface area contributed by atoms with Crippen molar-refractivity contribution in [2.75, 3.05) is 18.0 Å². The number of hydrogen-bond acceptors (Lipinski definition) is 2. The fourth-order valence-electron chi connectivity index (χ4n) is 1.47. The topological polar surface area (TPSA) is 20.3 Å². The molecule has 1 aromatic carbocycles. The van der Waals surface area contributed by atoms with E-state index in [9.17, 15) is 4.79 Å². The van der Waals surface area contributed by atoms with Crippen LogP contribution in [0.1, 0.15) is 19.8 Å². The molecular weight excluding hydrogens is 174 g/mol. The molecular formula is C12H17NO. The van der Waals surface area contributed by atoms with Crippen molar-refractivity contribution in [3.8, 4) is 0 Å². The first-order valence-corrected chi connectivity index (χ1v) is 5.12. The van der Waals surface area contributed by atoms with Crippen LogP contribution >= 0.6 is 0 Å². The fraction of sp³-hybridized carbons (Fsp3) is 0.417. The summed E-state index contributed by atoms with van der Waals surface area (Å²) in [5, 5.41) is 0. The van der Waals surface area contributed by atoms with Gasteiger partial charge in [0.2, 0.25) is 0 Å². The number of para-hydroxylation sites is 1. The van der Waals surface area contributed by atoms with E-state index in [0.717, 1.165) is 25.8 Å². The molecule has 0 aliphatic rings. The third kappa shape index (κ3) is 3.21. The third-order valence-corrected chi connectivity index (χ3v) is 2.25. The van der Waals surface area contributed by atoms with Gasteiger partial charge in [0.15, 0.2) is 0 Å². The molecule has 0 heterocycles. The molecule has 0 bridgehead atoms. The minimum absolute atomic E-state index is 0.656. The van der Waals surface area contributed by atoms with Crippen molar-refractivity contribution in [3.63, 3.8) is 0 Å². The molecule has 0 unspecified atom stereocenters. The number of hydrogen-bond donors (Lipinski definition) is 0. The largest absolute Gasteiger partial charge is 0.372 e. The van der Waals surface area contributed by atoms with E-state index in [1.165, 1.54) is 5.69 Å². The van der Waals surface area contributed by atoms with Crippen LogP contribution in [0.15, 0.2) is 30.3 Å². The highest BCUT2D eigenvalue weighted by Gasteiger charge is 2.01. The van der Waals surface area contributed by atoms with Gasteiger partial charge in [-0.1, -0.05) is 18.2 Å². The van der Waals surface area contributed by atoms with Crippen LogP contribution in [0.25, 0.3) is 0 Å². The summed E-state index contributed by atoms with van der Waals surface area (Å²) in [5.74, 6) is 0. The van der Waals surface area contributed by atoms with E-state index in [1.807, 2.05) is 18.2 Å². The van der Waals surface area contributed by atoms with Crippen molar-refractivity contribution >= 4 is 12.0 Å². The Bertz CT molecular complexity index is 258. The summed E-state index contributed by atoms with van der Waals surface area (Å²) in [6, 6.07) is 10.3. The molecule has 0 amide bonds. The second kappa shape index (κ2) is 6.19. The van der Waals surface area contributed by atoms with Gasteiger partial charge in [-0.2, -0.15) is 0 Å². The summed E-state index contributed by atoms with van der Waals surface area (Å²) in [6.45, 7) is 4.08. The lowest BCUT2D eigenvalue weighted by atomic mass is 10.2. The average molecular weight is 191 g/mol. The van der Waals surface area contributed by atoms with Gasteiger partial charge in [0.05, 0.1) is 0 Å². The molecule has 0 aliphatic heterocycles. The van der Waals surface area contributed by atoms with Gasteiger partial charge in [0.25, 0.3) is 0 Å². The van der Waals surface area contributed by atoms with Gasteiger partial charge in [-0.3, -0.25) is 0 Å². The zero-order chi connectivity index (χ0) is 10.2. The summed E-state index contributed by atoms with van der Waals surface area (Å²) >= 11 is 0. The molecule has 2 nitrogen and oxygen atoms in total. The van der Waals surface area contributed by atoms with Gasteiger partial charge < -0.3 is 9.69 Å². The van der Waals surface area contributed by atoms with Gasteiger partial charge in [0.1, 0.15) is 6.29 Å². The van der Waals surface area contributed by atoms with Crippen LogP contribution in [-0.2, 0) is 4.79 Å². The monoisotopic (exact) mass is 191 g/mol. The highest BCUT2D eigenvalue weighted by molar-refractivity contribution is 5.50. The lowest BCUT2D eigenvalue weighted by Gasteiger charge is -2.22. The highest BCUT2D eigenvalue weighted by Crippen LogP contribution is 2.12. The molecule has 0 atom stereocenters. The van der Waals surface area contributed by atoms with Crippen molar-refractivity contribution in [2.45, 2.75) is 19.8 Å². The average Bonchev–Trinajstić information content (AvgIpc) is 2.26. The predicted molar refractivity (Wildman–Crippen MR) is 59.6 cm³/mol. The van der Waals surface area contributed by atoms with Crippen molar-refractivity contribution in [2.24, 2.45) is 0 Å². The standard InChI is InChI=1S/C12H17NO/c1-2-13(10-6-7-11-14)12-8-4-3-5-9-12/h3-5,8-9,11H,2,6-7,10H2,1H3. The lowest BCUT2D eigenvalue weighted by Crippen LogP contribution is -2.23. The lowest BCUT2D eigenvalue weighted by molar-refractivity contribution is -0.107. The molecule has 14 heavy (non-hydrogen) atoms. The van der Waals surface area contributed by atoms with Crippen molar-refractivity contribution in [1.29, 1.82) is 0 Å². The zero-order valence-corrected chi connectivity index (χ0v) is 8.65. The minimum Gasteiger partial charge on any atom is -0.372 e. The first kappa shape index (κ1) is 10.8. The molecule has 0 saturated heterocycles. The SMILES string of the molecule is CCN(CCCC=O)c1ccccc1. The molecule has 1 aromatic rings. The minimum atomic E-state index is 0.656. The van der Waals surface area contributed by atoms with Crippen LogP contribution in [0, 0.1) is 0 Å². The van der Waals surface area contributed by atoms with Crippen LogP contribution in [0.3, 0.4) is 0 Å². The Balaban J connectivity index is 2.50. The number of carbonyl (C=O) groups is 1. The zero-order valence-electron chi connectivity index (χ0n) is 8.65. The normalized spacial score (nSPS) is 9.79. The van der Waals surface area contributed by atoms with E-state index in [0.29, 0.717) is 6.42 Å². The summed E-state index contributed by atoms with van der Waals surface area (Å²) in [6.07, 6.45) is 2.58. The van der Waals surface area contributed by atoms with E-state index in [-0.39, 0.29) is 0 Å². The Kier molecular flexibility index (Phi) is 4.76. The summed E-state index contributed by atoms with van der Waals surface area (Å²) < 4.78 is 0. The fourth-order valence-corrected chi connectivity index (χ4v) is 1.47. The Labute approximate surface area is 85.5 Å². The van der Waals surface area contributed by atoms with Crippen LogP contribution in [0.4, 0.5) is 5.69 Å². The van der Waals surface area contributed by atoms with Gasteiger partial charge in [-0.05, 0) is 25.5 Å². The Morgan fingerprint density at radius 2 is 2.00 bits per heavy atom. The van der Waals surface area contributed by atoms with Crippen molar-refractivity contribution in [3.05, 3.63) is 30.3 Å². The molecule has 0 aromatic heterocycles. The smallest absolute Gasteiger partial charge is 0.120 e. The Hall–Kier alpha value is -1.31. The van der Waals surface area contributed by atoms with E-state index in [1.54, 1.807) is 0 Å². The highest BCUT2D eigenvalue weighted by atomic mass is 16.1. The van der Waals surface area contributed by atoms with Crippen molar-refractivity contribution in [1.82, 2.24) is 0 Å². The molecule has 0 spiro atoms. The first-order chi connectivity index (χ1) is 6.88. The van der Waals surface area contributed by atoms with Crippen LogP contribution in [-0.4, -0.2) is 19.4 Å². The maximum atomic E-state index is 10.2. The maximum absolute atomic E-state index is 10.2. The van der Waals surface area contributed by atoms with E-state index in [4.69, 9.17) is 0 Å². The number of nitrogens with zero attached hydrogens (tertiary/aromatic N) is 1. The molecule has 0 N–H and O–H groups in total. The first-order valence-electron chi connectivity index (χ1n) is 5.12. The van der Waals surface area contributed by atoms with Gasteiger partial charge >= 0.3 is 0 Å². The Morgan fingerprint density at radius 1 is 1.29 bits per heavy atom. The second-order valence-electron chi connectivity index (χ2n) is 3.22. The van der Waals surface area contributed by atoms with Gasteiger partial charge in [0, 0.05) is 25.2 Å². The molecule has 0 aliphatic carbocycles. The van der Waals surface area contributed by atoms with Gasteiger partial charge in [-0.25, -0.2) is 0 Å². The number of carbonyl (C=O) groups excluding carboxylic acids is 1. The molecule has 76 valence electrons.